The van der Waals surface area contributed by atoms with Gasteiger partial charge >= 0.3 is 0 Å². The Hall–Kier alpha value is -2.02. The highest BCUT2D eigenvalue weighted by molar-refractivity contribution is 5.14. The number of benzene rings is 2. The topological polar surface area (TPSA) is 57.2 Å². The molecule has 2 rings (SSSR count). The molecule has 0 radical (unpaired) electrons. The molecule has 0 spiro atoms. The van der Waals surface area contributed by atoms with Crippen molar-refractivity contribution in [2.75, 3.05) is 20.8 Å². The Balaban J connectivity index is 2.13. The van der Waals surface area contributed by atoms with Crippen LogP contribution in [-0.4, -0.2) is 44.4 Å². The van der Waals surface area contributed by atoms with Crippen molar-refractivity contribution in [3.63, 3.8) is 0 Å². The molecule has 0 saturated heterocycles. The van der Waals surface area contributed by atoms with Crippen LogP contribution in [0, 0.1) is 5.92 Å². The van der Waals surface area contributed by atoms with Crippen LogP contribution in [0.4, 0.5) is 0 Å². The van der Waals surface area contributed by atoms with E-state index in [-0.39, 0.29) is 31.0 Å². The van der Waals surface area contributed by atoms with E-state index in [9.17, 15) is 5.11 Å². The summed E-state index contributed by atoms with van der Waals surface area (Å²) in [6.45, 7) is 3.36. The molecule has 0 aliphatic heterocycles. The lowest BCUT2D eigenvalue weighted by molar-refractivity contribution is -0.137. The van der Waals surface area contributed by atoms with Crippen molar-refractivity contribution in [1.29, 1.82) is 0 Å². The summed E-state index contributed by atoms with van der Waals surface area (Å²) in [6.07, 6.45) is 9.40. The Labute approximate surface area is 212 Å². The predicted molar refractivity (Wildman–Crippen MR) is 141 cm³/mol. The van der Waals surface area contributed by atoms with Crippen molar-refractivity contribution in [3.8, 4) is 0 Å². The van der Waals surface area contributed by atoms with Crippen LogP contribution < -0.4 is 0 Å². The molecular formula is C30H44O5. The number of hydrogen-bond donors (Lipinski definition) is 1. The van der Waals surface area contributed by atoms with Crippen molar-refractivity contribution < 1.29 is 24.1 Å². The predicted octanol–water partition coefficient (Wildman–Crippen LogP) is 6.30. The third kappa shape index (κ3) is 12.0. The van der Waals surface area contributed by atoms with Gasteiger partial charge in [0, 0.05) is 33.2 Å². The van der Waals surface area contributed by atoms with Crippen LogP contribution in [0.2, 0.25) is 0 Å². The molecular weight excluding hydrogens is 440 g/mol. The van der Waals surface area contributed by atoms with E-state index in [1.807, 2.05) is 36.4 Å². The number of hydrogen-bond acceptors (Lipinski definition) is 5. The van der Waals surface area contributed by atoms with E-state index in [4.69, 9.17) is 18.9 Å². The first-order chi connectivity index (χ1) is 17.2. The van der Waals surface area contributed by atoms with Crippen molar-refractivity contribution in [2.45, 2.75) is 77.2 Å². The van der Waals surface area contributed by atoms with Crippen LogP contribution in [-0.2, 0) is 32.2 Å². The fraction of sp³-hybridized carbons (Fsp3) is 0.533. The third-order valence-corrected chi connectivity index (χ3v) is 6.17. The van der Waals surface area contributed by atoms with E-state index in [1.165, 1.54) is 18.4 Å². The monoisotopic (exact) mass is 484 g/mol. The van der Waals surface area contributed by atoms with Gasteiger partial charge in [-0.2, -0.15) is 0 Å². The molecule has 194 valence electrons. The van der Waals surface area contributed by atoms with E-state index in [2.05, 4.69) is 43.3 Å². The molecule has 0 aliphatic carbocycles. The zero-order valence-corrected chi connectivity index (χ0v) is 21.7. The summed E-state index contributed by atoms with van der Waals surface area (Å²) in [5.74, 6) is 0.00510. The van der Waals surface area contributed by atoms with Gasteiger partial charge in [0.1, 0.15) is 0 Å². The van der Waals surface area contributed by atoms with E-state index >= 15 is 0 Å². The quantitative estimate of drug-likeness (QED) is 0.144. The van der Waals surface area contributed by atoms with Gasteiger partial charge in [-0.1, -0.05) is 99.0 Å². The van der Waals surface area contributed by atoms with Gasteiger partial charge in [-0.15, -0.1) is 0 Å². The molecule has 0 heterocycles. The van der Waals surface area contributed by atoms with E-state index in [1.54, 1.807) is 14.2 Å². The summed E-state index contributed by atoms with van der Waals surface area (Å²) in [4.78, 5) is 0. The third-order valence-electron chi connectivity index (χ3n) is 6.17. The Bertz CT molecular complexity index is 776. The van der Waals surface area contributed by atoms with Crippen LogP contribution in [0.25, 0.3) is 0 Å². The molecule has 5 nitrogen and oxygen atoms in total. The molecule has 0 fully saturated rings. The standard InChI is InChI=1S/C30H44O5/c1-4-5-8-17-28(34-23-25-13-9-6-10-14-25)19-18-27(20-21-31)29(22-30(32-2)33-3)35-24-26-15-11-7-12-16-26/h6-7,9-16,18-19,27-31H,4-5,8,17,20-24H2,1-3H3/t27-,28+,29-/m1/s1. The molecule has 2 aromatic rings. The van der Waals surface area contributed by atoms with Gasteiger partial charge in [0.05, 0.1) is 25.4 Å². The van der Waals surface area contributed by atoms with Gasteiger partial charge in [0.25, 0.3) is 0 Å². The maximum absolute atomic E-state index is 9.83. The minimum Gasteiger partial charge on any atom is -0.396 e. The van der Waals surface area contributed by atoms with Gasteiger partial charge in [0.2, 0.25) is 0 Å². The van der Waals surface area contributed by atoms with Gasteiger partial charge in [-0.05, 0) is 24.0 Å². The molecule has 0 unspecified atom stereocenters. The fourth-order valence-electron chi connectivity index (χ4n) is 4.05. The minimum absolute atomic E-state index is 0.00510. The number of methoxy groups -OCH3 is 2. The van der Waals surface area contributed by atoms with E-state index in [0.717, 1.165) is 18.4 Å². The Morgan fingerprint density at radius 2 is 1.37 bits per heavy atom. The Morgan fingerprint density at radius 3 is 1.91 bits per heavy atom. The van der Waals surface area contributed by atoms with Crippen molar-refractivity contribution in [3.05, 3.63) is 83.9 Å². The van der Waals surface area contributed by atoms with Crippen LogP contribution in [0.15, 0.2) is 72.8 Å². The van der Waals surface area contributed by atoms with Crippen molar-refractivity contribution >= 4 is 0 Å². The molecule has 5 heteroatoms. The molecule has 0 aliphatic rings. The summed E-state index contributed by atoms with van der Waals surface area (Å²) >= 11 is 0. The second-order valence-electron chi connectivity index (χ2n) is 8.86. The molecule has 2 aromatic carbocycles. The molecule has 35 heavy (non-hydrogen) atoms. The lowest BCUT2D eigenvalue weighted by Gasteiger charge is -2.28. The average Bonchev–Trinajstić information content (AvgIpc) is 2.90. The highest BCUT2D eigenvalue weighted by atomic mass is 16.7. The number of aliphatic hydroxyl groups is 1. The zero-order valence-electron chi connectivity index (χ0n) is 21.7. The number of ether oxygens (including phenoxy) is 4. The smallest absolute Gasteiger partial charge is 0.159 e. The van der Waals surface area contributed by atoms with Crippen molar-refractivity contribution in [2.24, 2.45) is 5.92 Å². The summed E-state index contributed by atoms with van der Waals surface area (Å²) in [7, 11) is 3.28. The first-order valence-electron chi connectivity index (χ1n) is 12.9. The average molecular weight is 485 g/mol. The van der Waals surface area contributed by atoms with Crippen LogP contribution in [0.1, 0.15) is 56.6 Å². The first-order valence-corrected chi connectivity index (χ1v) is 12.9. The lowest BCUT2D eigenvalue weighted by Crippen LogP contribution is -2.30. The highest BCUT2D eigenvalue weighted by Crippen LogP contribution is 2.23. The maximum atomic E-state index is 9.83. The second-order valence-corrected chi connectivity index (χ2v) is 8.86. The minimum atomic E-state index is -0.375. The van der Waals surface area contributed by atoms with Crippen LogP contribution >= 0.6 is 0 Å². The van der Waals surface area contributed by atoms with Crippen molar-refractivity contribution in [1.82, 2.24) is 0 Å². The molecule has 0 amide bonds. The fourth-order valence-corrected chi connectivity index (χ4v) is 4.05. The van der Waals surface area contributed by atoms with Gasteiger partial charge in [-0.25, -0.2) is 0 Å². The summed E-state index contributed by atoms with van der Waals surface area (Å²) in [5.41, 5.74) is 2.28. The molecule has 3 atom stereocenters. The van der Waals surface area contributed by atoms with Gasteiger partial charge in [-0.3, -0.25) is 0 Å². The second kappa shape index (κ2) is 18.3. The summed E-state index contributed by atoms with van der Waals surface area (Å²) in [5, 5.41) is 9.83. The molecule has 0 bridgehead atoms. The Kier molecular flexibility index (Phi) is 15.3. The summed E-state index contributed by atoms with van der Waals surface area (Å²) in [6, 6.07) is 20.4. The molecule has 1 N–H and O–H groups in total. The highest BCUT2D eigenvalue weighted by Gasteiger charge is 2.24. The maximum Gasteiger partial charge on any atom is 0.159 e. The van der Waals surface area contributed by atoms with Crippen LogP contribution in [0.5, 0.6) is 0 Å². The Morgan fingerprint density at radius 1 is 0.771 bits per heavy atom. The number of unbranched alkanes of at least 4 members (excludes halogenated alkanes) is 2. The number of rotatable bonds is 19. The van der Waals surface area contributed by atoms with Gasteiger partial charge < -0.3 is 24.1 Å². The van der Waals surface area contributed by atoms with Gasteiger partial charge in [0.15, 0.2) is 6.29 Å². The van der Waals surface area contributed by atoms with E-state index in [0.29, 0.717) is 26.1 Å². The van der Waals surface area contributed by atoms with Crippen LogP contribution in [0.3, 0.4) is 0 Å². The summed E-state index contributed by atoms with van der Waals surface area (Å²) < 4.78 is 23.6. The zero-order chi connectivity index (χ0) is 25.1. The molecule has 0 aromatic heterocycles. The SMILES string of the molecule is CCCCC[C@@H](C=C[C@H](CCO)[C@@H](CC(OC)OC)OCc1ccccc1)OCc1ccccc1. The largest absolute Gasteiger partial charge is 0.396 e. The van der Waals surface area contributed by atoms with E-state index < -0.39 is 0 Å². The lowest BCUT2D eigenvalue weighted by atomic mass is 9.94. The molecule has 0 saturated carbocycles. The normalized spacial score (nSPS) is 14.4. The first kappa shape index (κ1) is 29.2. The number of aliphatic hydroxyl groups excluding tert-OH is 1.